The zero-order valence-electron chi connectivity index (χ0n) is 44.7. The van der Waals surface area contributed by atoms with Crippen LogP contribution in [0.2, 0.25) is 0 Å². The van der Waals surface area contributed by atoms with E-state index in [1.165, 1.54) is 96.4 Å². The van der Waals surface area contributed by atoms with Crippen molar-refractivity contribution in [2.45, 2.75) is 193 Å². The summed E-state index contributed by atoms with van der Waals surface area (Å²) in [6.07, 6.45) is 28.6. The maximum atomic E-state index is 14.1. The third-order valence-electron chi connectivity index (χ3n) is 18.1. The van der Waals surface area contributed by atoms with E-state index in [-0.39, 0.29) is 34.2 Å². The number of carbonyl (C=O) groups is 2. The Balaban J connectivity index is 0.680. The lowest BCUT2D eigenvalue weighted by Gasteiger charge is -2.55. The van der Waals surface area contributed by atoms with Crippen LogP contribution in [0.1, 0.15) is 181 Å². The lowest BCUT2D eigenvalue weighted by molar-refractivity contribution is -0.127. The third-order valence-corrected chi connectivity index (χ3v) is 18.1. The number of nitrogens with zero attached hydrogens (tertiary/aromatic N) is 5. The van der Waals surface area contributed by atoms with E-state index in [2.05, 4.69) is 71.6 Å². The first-order valence-corrected chi connectivity index (χ1v) is 28.6. The average molecular weight is 975 g/mol. The van der Waals surface area contributed by atoms with E-state index in [4.69, 9.17) is 14.7 Å². The summed E-state index contributed by atoms with van der Waals surface area (Å²) in [5.74, 6) is 5.27. The lowest BCUT2D eigenvalue weighted by Crippen LogP contribution is -2.62. The van der Waals surface area contributed by atoms with Crippen molar-refractivity contribution >= 4 is 40.2 Å². The highest BCUT2D eigenvalue weighted by Gasteiger charge is 2.53. The highest BCUT2D eigenvalue weighted by molar-refractivity contribution is 5.82. The summed E-state index contributed by atoms with van der Waals surface area (Å²) in [6.45, 7) is 17.4. The Morgan fingerprint density at radius 1 is 0.789 bits per heavy atom. The number of hydrogen-bond acceptors (Lipinski definition) is 9. The summed E-state index contributed by atoms with van der Waals surface area (Å²) < 4.78 is 7.88. The number of aryl methyl sites for hydroxylation is 1. The average Bonchev–Trinajstić information content (AvgIpc) is 4.16. The second-order valence-electron chi connectivity index (χ2n) is 25.1. The number of aromatic nitrogens is 3. The van der Waals surface area contributed by atoms with E-state index in [9.17, 15) is 14.4 Å². The molecule has 4 bridgehead atoms. The SMILES string of the molecule is COc1cc(N2CCN(CCCCCCCCCCCCNC(=O)CC3(C)CC4CC(C)CC(C4)C3)CC2)ccc1Nc1ncc2c(C)cc(=O)n(C3(C)CC4CC(C)CC(NC(=O)C5CC5)(C4)C3)c2n1. The van der Waals surface area contributed by atoms with Gasteiger partial charge < -0.3 is 25.6 Å². The van der Waals surface area contributed by atoms with Gasteiger partial charge in [0, 0.05) is 85.5 Å². The molecule has 390 valence electrons. The van der Waals surface area contributed by atoms with Gasteiger partial charge in [0.1, 0.15) is 11.4 Å². The molecule has 71 heavy (non-hydrogen) atoms. The maximum Gasteiger partial charge on any atom is 0.252 e. The van der Waals surface area contributed by atoms with Gasteiger partial charge in [-0.3, -0.25) is 23.9 Å². The van der Waals surface area contributed by atoms with E-state index < -0.39 is 5.54 Å². The third kappa shape index (κ3) is 13.0. The predicted octanol–water partition coefficient (Wildman–Crippen LogP) is 11.4. The first-order chi connectivity index (χ1) is 34.2. The number of ether oxygens (including phenoxy) is 1. The van der Waals surface area contributed by atoms with Crippen LogP contribution in [0, 0.1) is 47.8 Å². The molecule has 3 aromatic rings. The zero-order valence-corrected chi connectivity index (χ0v) is 44.7. The number of methoxy groups -OCH3 is 1. The van der Waals surface area contributed by atoms with Crippen LogP contribution in [-0.4, -0.2) is 83.2 Å². The molecule has 0 radical (unpaired) electrons. The number of amides is 2. The number of anilines is 3. The van der Waals surface area contributed by atoms with Gasteiger partial charge in [-0.25, -0.2) is 4.98 Å². The van der Waals surface area contributed by atoms with Crippen molar-refractivity contribution in [2.75, 3.05) is 56.6 Å². The highest BCUT2D eigenvalue weighted by atomic mass is 16.5. The molecule has 2 aromatic heterocycles. The highest BCUT2D eigenvalue weighted by Crippen LogP contribution is 2.53. The molecule has 12 nitrogen and oxygen atoms in total. The molecule has 1 aromatic carbocycles. The molecule has 6 fully saturated rings. The summed E-state index contributed by atoms with van der Waals surface area (Å²) in [7, 11) is 1.70. The number of nitrogens with one attached hydrogen (secondary N) is 3. The predicted molar refractivity (Wildman–Crippen MR) is 288 cm³/mol. The molecule has 3 heterocycles. The van der Waals surface area contributed by atoms with Gasteiger partial charge in [0.2, 0.25) is 17.8 Å². The lowest BCUT2D eigenvalue weighted by atomic mass is 9.58. The molecule has 2 amide bonds. The quantitative estimate of drug-likeness (QED) is 0.0842. The fraction of sp³-hybridized carbons (Fsp3) is 0.746. The normalized spacial score (nSPS) is 29.7. The number of benzene rings is 1. The Bertz CT molecular complexity index is 2350. The van der Waals surface area contributed by atoms with E-state index in [1.807, 2.05) is 17.7 Å². The van der Waals surface area contributed by atoms with E-state index in [0.29, 0.717) is 29.9 Å². The number of carbonyl (C=O) groups excluding carboxylic acids is 2. The van der Waals surface area contributed by atoms with Gasteiger partial charge in [0.15, 0.2) is 0 Å². The monoisotopic (exact) mass is 975 g/mol. The van der Waals surface area contributed by atoms with Crippen LogP contribution in [0.3, 0.4) is 0 Å². The van der Waals surface area contributed by atoms with Crippen LogP contribution < -0.4 is 31.1 Å². The Morgan fingerprint density at radius 2 is 1.46 bits per heavy atom. The van der Waals surface area contributed by atoms with Gasteiger partial charge in [0.25, 0.3) is 5.56 Å². The van der Waals surface area contributed by atoms with Gasteiger partial charge in [0.05, 0.1) is 12.8 Å². The minimum Gasteiger partial charge on any atom is -0.494 e. The molecule has 6 aliphatic rings. The van der Waals surface area contributed by atoms with Crippen LogP contribution in [-0.2, 0) is 15.1 Å². The molecule has 3 N–H and O–H groups in total. The molecule has 0 spiro atoms. The molecular formula is C59H90N8O4. The first kappa shape index (κ1) is 51.7. The maximum absolute atomic E-state index is 14.1. The smallest absolute Gasteiger partial charge is 0.252 e. The van der Waals surface area contributed by atoms with Crippen LogP contribution >= 0.6 is 0 Å². The van der Waals surface area contributed by atoms with Crippen molar-refractivity contribution in [1.82, 2.24) is 30.1 Å². The Hall–Kier alpha value is -4.19. The molecule has 12 heteroatoms. The Kier molecular flexibility index (Phi) is 16.4. The van der Waals surface area contributed by atoms with Crippen molar-refractivity contribution in [3.8, 4) is 5.75 Å². The number of fused-ring (bicyclic) bond motifs is 5. The summed E-state index contributed by atoms with van der Waals surface area (Å²) in [4.78, 5) is 55.1. The molecular weight excluding hydrogens is 885 g/mol. The van der Waals surface area contributed by atoms with Crippen molar-refractivity contribution in [3.05, 3.63) is 46.4 Å². The van der Waals surface area contributed by atoms with Gasteiger partial charge >= 0.3 is 0 Å². The van der Waals surface area contributed by atoms with Gasteiger partial charge in [-0.1, -0.05) is 72.1 Å². The fourth-order valence-electron chi connectivity index (χ4n) is 15.4. The second kappa shape index (κ2) is 22.5. The van der Waals surface area contributed by atoms with Gasteiger partial charge in [-0.05, 0) is 163 Å². The summed E-state index contributed by atoms with van der Waals surface area (Å²) in [5, 5.41) is 11.1. The van der Waals surface area contributed by atoms with Crippen molar-refractivity contribution in [3.63, 3.8) is 0 Å². The Morgan fingerprint density at radius 3 is 2.15 bits per heavy atom. The number of hydrogen-bond donors (Lipinski definition) is 3. The number of pyridine rings is 1. The minimum absolute atomic E-state index is 0.0565. The number of unbranched alkanes of at least 4 members (excludes halogenated alkanes) is 9. The summed E-state index contributed by atoms with van der Waals surface area (Å²) in [5.41, 5.74) is 2.73. The molecule has 5 saturated carbocycles. The Labute approximate surface area is 426 Å². The van der Waals surface area contributed by atoms with Crippen LogP contribution in [0.5, 0.6) is 5.75 Å². The molecule has 6 atom stereocenters. The molecule has 1 saturated heterocycles. The molecule has 6 unspecified atom stereocenters. The minimum atomic E-state index is -0.520. The van der Waals surface area contributed by atoms with E-state index in [1.54, 1.807) is 13.2 Å². The second-order valence-corrected chi connectivity index (χ2v) is 25.1. The topological polar surface area (TPSA) is 134 Å². The van der Waals surface area contributed by atoms with Crippen LogP contribution in [0.15, 0.2) is 35.3 Å². The summed E-state index contributed by atoms with van der Waals surface area (Å²) >= 11 is 0. The molecule has 1 aliphatic heterocycles. The van der Waals surface area contributed by atoms with Gasteiger partial charge in [-0.2, -0.15) is 4.98 Å². The van der Waals surface area contributed by atoms with E-state index in [0.717, 1.165) is 130 Å². The van der Waals surface area contributed by atoms with Crippen molar-refractivity contribution in [2.24, 2.45) is 40.9 Å². The summed E-state index contributed by atoms with van der Waals surface area (Å²) in [6, 6.07) is 8.05. The standard InChI is InChI=1S/C59H90N8O4/c1-41-27-44-31-45(28-41)35-57(4,34-44)38-52(68)60-21-15-13-11-9-7-8-10-12-14-16-22-65-23-25-66(26-24-65)48-19-20-50(51(32-48)71-6)62-56-61-39-49-43(3)30-53(69)67(54(49)63-56)58(5)36-46-29-42(2)33-59(37-46,40-58)64-55(70)47-17-18-47/h19-20,30,32,39,41-42,44-47H,7-18,21-29,31,33-38,40H2,1-6H3,(H,60,68)(H,64,70)(H,61,62,63). The van der Waals surface area contributed by atoms with Crippen LogP contribution in [0.4, 0.5) is 17.3 Å². The van der Waals surface area contributed by atoms with E-state index >= 15 is 0 Å². The number of piperazine rings is 1. The molecule has 5 aliphatic carbocycles. The molecule has 9 rings (SSSR count). The first-order valence-electron chi connectivity index (χ1n) is 28.6. The van der Waals surface area contributed by atoms with Gasteiger partial charge in [-0.15, -0.1) is 0 Å². The van der Waals surface area contributed by atoms with Crippen molar-refractivity contribution in [1.29, 1.82) is 0 Å². The zero-order chi connectivity index (χ0) is 49.8. The fourth-order valence-corrected chi connectivity index (χ4v) is 15.4. The van der Waals surface area contributed by atoms with Crippen LogP contribution in [0.25, 0.3) is 11.0 Å². The van der Waals surface area contributed by atoms with Crippen molar-refractivity contribution < 1.29 is 14.3 Å². The number of rotatable bonds is 22. The largest absolute Gasteiger partial charge is 0.494 e.